The largest absolute Gasteiger partial charge is 0.465 e. The second-order valence-electron chi connectivity index (χ2n) is 5.25. The van der Waals surface area contributed by atoms with Crippen LogP contribution in [0.15, 0.2) is 12.1 Å². The summed E-state index contributed by atoms with van der Waals surface area (Å²) in [4.78, 5) is 35.3. The topological polar surface area (TPSA) is 81.7 Å². The Labute approximate surface area is 127 Å². The lowest BCUT2D eigenvalue weighted by Crippen LogP contribution is -2.29. The first kappa shape index (κ1) is 17.2. The zero-order valence-corrected chi connectivity index (χ0v) is 13.3. The smallest absolute Gasteiger partial charge is 0.348 e. The van der Waals surface area contributed by atoms with Crippen LogP contribution in [0.2, 0.25) is 0 Å². The highest BCUT2D eigenvalue weighted by molar-refractivity contribution is 7.15. The Morgan fingerprint density at radius 2 is 1.81 bits per heavy atom. The molecule has 1 aromatic heterocycles. The van der Waals surface area contributed by atoms with Crippen molar-refractivity contribution in [2.24, 2.45) is 0 Å². The van der Waals surface area contributed by atoms with Crippen molar-refractivity contribution in [3.8, 4) is 0 Å². The molecule has 0 fully saturated rings. The van der Waals surface area contributed by atoms with E-state index in [4.69, 9.17) is 4.74 Å². The molecule has 1 N–H and O–H groups in total. The van der Waals surface area contributed by atoms with E-state index >= 15 is 0 Å². The van der Waals surface area contributed by atoms with Gasteiger partial charge in [0.05, 0.1) is 18.4 Å². The summed E-state index contributed by atoms with van der Waals surface area (Å²) in [5, 5.41) is 2.60. The maximum absolute atomic E-state index is 11.8. The zero-order valence-electron chi connectivity index (χ0n) is 12.5. The predicted octanol–water partition coefficient (Wildman–Crippen LogP) is 2.00. The van der Waals surface area contributed by atoms with Gasteiger partial charge >= 0.3 is 11.9 Å². The number of nitrogens with one attached hydrogen (secondary N) is 1. The number of hydrogen-bond acceptors (Lipinski definition) is 6. The average molecular weight is 313 g/mol. The summed E-state index contributed by atoms with van der Waals surface area (Å²) in [6.45, 7) is 5.52. The number of esters is 2. The van der Waals surface area contributed by atoms with E-state index in [1.165, 1.54) is 13.2 Å². The van der Waals surface area contributed by atoms with Crippen LogP contribution in [-0.4, -0.2) is 37.1 Å². The molecule has 7 heteroatoms. The molecule has 0 unspecified atom stereocenters. The highest BCUT2D eigenvalue weighted by Gasteiger charge is 2.17. The Morgan fingerprint density at radius 1 is 1.19 bits per heavy atom. The van der Waals surface area contributed by atoms with Crippen molar-refractivity contribution in [1.82, 2.24) is 5.32 Å². The average Bonchev–Trinajstić information content (AvgIpc) is 2.85. The molecule has 0 aliphatic carbocycles. The van der Waals surface area contributed by atoms with Crippen molar-refractivity contribution in [1.29, 1.82) is 0 Å². The summed E-state index contributed by atoms with van der Waals surface area (Å²) < 4.78 is 9.69. The number of carbonyl (C=O) groups is 3. The van der Waals surface area contributed by atoms with E-state index in [0.717, 1.165) is 11.3 Å². The van der Waals surface area contributed by atoms with Crippen molar-refractivity contribution in [3.05, 3.63) is 21.9 Å². The normalized spacial score (nSPS) is 10.9. The lowest BCUT2D eigenvalue weighted by molar-refractivity contribution is -0.154. The molecule has 0 aliphatic heterocycles. The Kier molecular flexibility index (Phi) is 5.90. The molecule has 0 aliphatic rings. The lowest BCUT2D eigenvalue weighted by Gasteiger charge is -2.19. The van der Waals surface area contributed by atoms with Gasteiger partial charge in [-0.3, -0.25) is 9.59 Å². The number of hydrogen-bond donors (Lipinski definition) is 1. The van der Waals surface area contributed by atoms with Crippen LogP contribution in [0.5, 0.6) is 0 Å². The van der Waals surface area contributed by atoms with Gasteiger partial charge in [0.15, 0.2) is 0 Å². The fourth-order valence-electron chi connectivity index (χ4n) is 1.43. The molecule has 6 nitrogen and oxygen atoms in total. The predicted molar refractivity (Wildman–Crippen MR) is 78.5 cm³/mol. The zero-order chi connectivity index (χ0) is 16.0. The molecule has 116 valence electrons. The molecule has 0 saturated heterocycles. The van der Waals surface area contributed by atoms with Gasteiger partial charge in [-0.1, -0.05) is 0 Å². The molecule has 0 radical (unpaired) electrons. The summed E-state index contributed by atoms with van der Waals surface area (Å²) in [5.41, 5.74) is -0.537. The van der Waals surface area contributed by atoms with Crippen LogP contribution >= 0.6 is 11.3 Å². The molecule has 0 bridgehead atoms. The minimum absolute atomic E-state index is 0.0955. The Morgan fingerprint density at radius 3 is 2.38 bits per heavy atom. The van der Waals surface area contributed by atoms with Gasteiger partial charge in [-0.25, -0.2) is 4.79 Å². The van der Waals surface area contributed by atoms with Gasteiger partial charge in [0.2, 0.25) is 0 Å². The van der Waals surface area contributed by atoms with Crippen LogP contribution < -0.4 is 5.32 Å². The third kappa shape index (κ3) is 5.95. The molecule has 0 spiro atoms. The number of carbonyl (C=O) groups excluding carboxylic acids is 3. The molecular formula is C14H19NO5S. The fraction of sp³-hybridized carbons (Fsp3) is 0.500. The van der Waals surface area contributed by atoms with Crippen LogP contribution in [0, 0.1) is 0 Å². The highest BCUT2D eigenvalue weighted by Crippen LogP contribution is 2.17. The summed E-state index contributed by atoms with van der Waals surface area (Å²) >= 11 is 1.04. The van der Waals surface area contributed by atoms with Crippen molar-refractivity contribution >= 4 is 29.2 Å². The van der Waals surface area contributed by atoms with Gasteiger partial charge in [-0.2, -0.15) is 0 Å². The minimum atomic E-state index is -0.537. The van der Waals surface area contributed by atoms with E-state index in [-0.39, 0.29) is 24.8 Å². The third-order valence-corrected chi connectivity index (χ3v) is 3.32. The van der Waals surface area contributed by atoms with Gasteiger partial charge in [0.1, 0.15) is 10.5 Å². The summed E-state index contributed by atoms with van der Waals surface area (Å²) in [7, 11) is 1.28. The fourth-order valence-corrected chi connectivity index (χ4v) is 2.27. The molecule has 1 amide bonds. The Bertz CT molecular complexity index is 530. The van der Waals surface area contributed by atoms with Gasteiger partial charge in [-0.05, 0) is 32.9 Å². The Balaban J connectivity index is 2.42. The molecule has 1 rings (SSSR count). The molecule has 0 saturated carbocycles. The van der Waals surface area contributed by atoms with E-state index in [0.29, 0.717) is 9.75 Å². The molecule has 1 aromatic rings. The standard InChI is InChI=1S/C14H19NO5S/c1-14(2,3)20-11(16)7-8-15-12(17)9-5-6-10(21-9)13(18)19-4/h5-6H,7-8H2,1-4H3,(H,15,17). The van der Waals surface area contributed by atoms with Crippen LogP contribution in [0.1, 0.15) is 46.5 Å². The van der Waals surface area contributed by atoms with Gasteiger partial charge in [-0.15, -0.1) is 11.3 Å². The number of amides is 1. The monoisotopic (exact) mass is 313 g/mol. The van der Waals surface area contributed by atoms with Crippen molar-refractivity contribution in [2.75, 3.05) is 13.7 Å². The number of ether oxygens (including phenoxy) is 2. The van der Waals surface area contributed by atoms with E-state index in [2.05, 4.69) is 10.1 Å². The molecule has 21 heavy (non-hydrogen) atoms. The van der Waals surface area contributed by atoms with Gasteiger partial charge in [0.25, 0.3) is 5.91 Å². The Hall–Kier alpha value is -1.89. The third-order valence-electron chi connectivity index (χ3n) is 2.25. The SMILES string of the molecule is COC(=O)c1ccc(C(=O)NCCC(=O)OC(C)(C)C)s1. The van der Waals surface area contributed by atoms with Crippen LogP contribution in [-0.2, 0) is 14.3 Å². The van der Waals surface area contributed by atoms with E-state index < -0.39 is 11.6 Å². The number of rotatable bonds is 5. The minimum Gasteiger partial charge on any atom is -0.465 e. The molecular weight excluding hydrogens is 294 g/mol. The quantitative estimate of drug-likeness (QED) is 0.841. The van der Waals surface area contributed by atoms with Crippen LogP contribution in [0.4, 0.5) is 0 Å². The summed E-state index contributed by atoms with van der Waals surface area (Å²) in [5.74, 6) is -1.18. The first-order valence-corrected chi connectivity index (χ1v) is 7.23. The second-order valence-corrected chi connectivity index (χ2v) is 6.33. The highest BCUT2D eigenvalue weighted by atomic mass is 32.1. The van der Waals surface area contributed by atoms with Crippen LogP contribution in [0.3, 0.4) is 0 Å². The van der Waals surface area contributed by atoms with Gasteiger partial charge in [0, 0.05) is 6.54 Å². The van der Waals surface area contributed by atoms with E-state index in [1.54, 1.807) is 26.8 Å². The summed E-state index contributed by atoms with van der Waals surface area (Å²) in [6, 6.07) is 3.07. The first-order chi connectivity index (χ1) is 9.73. The van der Waals surface area contributed by atoms with Crippen molar-refractivity contribution in [2.45, 2.75) is 32.8 Å². The maximum Gasteiger partial charge on any atom is 0.348 e. The first-order valence-electron chi connectivity index (χ1n) is 6.41. The lowest BCUT2D eigenvalue weighted by atomic mass is 10.2. The number of methoxy groups -OCH3 is 1. The van der Waals surface area contributed by atoms with Crippen LogP contribution in [0.25, 0.3) is 0 Å². The van der Waals surface area contributed by atoms with Crippen molar-refractivity contribution in [3.63, 3.8) is 0 Å². The van der Waals surface area contributed by atoms with E-state index in [9.17, 15) is 14.4 Å². The second kappa shape index (κ2) is 7.21. The van der Waals surface area contributed by atoms with Crippen molar-refractivity contribution < 1.29 is 23.9 Å². The maximum atomic E-state index is 11.8. The van der Waals surface area contributed by atoms with E-state index in [1.807, 2.05) is 0 Å². The number of thiophene rings is 1. The summed E-state index contributed by atoms with van der Waals surface area (Å²) in [6.07, 6.45) is 0.0955. The van der Waals surface area contributed by atoms with Gasteiger partial charge < -0.3 is 14.8 Å². The molecule has 1 heterocycles. The molecule has 0 aromatic carbocycles. The molecule has 0 atom stereocenters.